The molecule has 1 heterocycles. The van der Waals surface area contributed by atoms with Gasteiger partial charge >= 0.3 is 0 Å². The highest BCUT2D eigenvalue weighted by Crippen LogP contribution is 2.26. The Balaban J connectivity index is 1.88. The number of benzene rings is 1. The van der Waals surface area contributed by atoms with Crippen LogP contribution < -0.4 is 4.74 Å². The van der Waals surface area contributed by atoms with Gasteiger partial charge in [-0.05, 0) is 38.0 Å². The summed E-state index contributed by atoms with van der Waals surface area (Å²) in [5.41, 5.74) is 0.466. The van der Waals surface area contributed by atoms with Crippen LogP contribution in [0.2, 0.25) is 0 Å². The number of hydrogen-bond donors (Lipinski definition) is 1. The zero-order valence-corrected chi connectivity index (χ0v) is 13.0. The Bertz CT molecular complexity index is 558. The fourth-order valence-corrected chi connectivity index (χ4v) is 2.72. The standard InChI is InChI=1S/C16H21NO2S/c1-4-12-6-5-7-13(10-12)19-9-8-15-17-11-14(20-15)16(2,3)18/h5-7,10-11,18H,4,8-9H2,1-3H3. The smallest absolute Gasteiger partial charge is 0.119 e. The highest BCUT2D eigenvalue weighted by atomic mass is 32.1. The largest absolute Gasteiger partial charge is 0.493 e. The van der Waals surface area contributed by atoms with Gasteiger partial charge in [0.25, 0.3) is 0 Å². The van der Waals surface area contributed by atoms with Crippen molar-refractivity contribution in [3.8, 4) is 5.75 Å². The highest BCUT2D eigenvalue weighted by Gasteiger charge is 2.19. The normalized spacial score (nSPS) is 11.6. The maximum Gasteiger partial charge on any atom is 0.119 e. The lowest BCUT2D eigenvalue weighted by molar-refractivity contribution is 0.0823. The fraction of sp³-hybridized carbons (Fsp3) is 0.438. The molecule has 20 heavy (non-hydrogen) atoms. The van der Waals surface area contributed by atoms with Crippen LogP contribution in [-0.2, 0) is 18.4 Å². The van der Waals surface area contributed by atoms with E-state index in [1.807, 2.05) is 12.1 Å². The molecular formula is C16H21NO2S. The van der Waals surface area contributed by atoms with Crippen LogP contribution in [0, 0.1) is 0 Å². The van der Waals surface area contributed by atoms with Gasteiger partial charge in [0.1, 0.15) is 5.75 Å². The summed E-state index contributed by atoms with van der Waals surface area (Å²) >= 11 is 1.54. The van der Waals surface area contributed by atoms with Crippen molar-refractivity contribution in [3.63, 3.8) is 0 Å². The molecule has 4 heteroatoms. The minimum Gasteiger partial charge on any atom is -0.493 e. The van der Waals surface area contributed by atoms with E-state index in [1.165, 1.54) is 5.56 Å². The van der Waals surface area contributed by atoms with E-state index in [0.717, 1.165) is 28.5 Å². The maximum atomic E-state index is 9.90. The number of aliphatic hydroxyl groups is 1. The van der Waals surface area contributed by atoms with Gasteiger partial charge in [-0.25, -0.2) is 4.98 Å². The number of aromatic nitrogens is 1. The van der Waals surface area contributed by atoms with Gasteiger partial charge in [-0.2, -0.15) is 0 Å². The van der Waals surface area contributed by atoms with E-state index in [9.17, 15) is 5.11 Å². The van der Waals surface area contributed by atoms with Gasteiger partial charge < -0.3 is 9.84 Å². The van der Waals surface area contributed by atoms with E-state index in [4.69, 9.17) is 4.74 Å². The molecule has 0 aliphatic rings. The van der Waals surface area contributed by atoms with Gasteiger partial charge in [-0.3, -0.25) is 0 Å². The molecule has 0 aliphatic heterocycles. The lowest BCUT2D eigenvalue weighted by Gasteiger charge is -2.13. The molecule has 0 saturated carbocycles. The van der Waals surface area contributed by atoms with Gasteiger partial charge in [-0.1, -0.05) is 19.1 Å². The van der Waals surface area contributed by atoms with Crippen LogP contribution in [0.4, 0.5) is 0 Å². The molecule has 2 rings (SSSR count). The first-order valence-electron chi connectivity index (χ1n) is 6.88. The van der Waals surface area contributed by atoms with Crippen molar-refractivity contribution in [2.45, 2.75) is 39.2 Å². The van der Waals surface area contributed by atoms with Crippen LogP contribution in [0.3, 0.4) is 0 Å². The third kappa shape index (κ3) is 4.05. The number of hydrogen-bond acceptors (Lipinski definition) is 4. The summed E-state index contributed by atoms with van der Waals surface area (Å²) in [7, 11) is 0. The van der Waals surface area contributed by atoms with Crippen molar-refractivity contribution in [3.05, 3.63) is 45.9 Å². The van der Waals surface area contributed by atoms with Crippen LogP contribution in [0.15, 0.2) is 30.5 Å². The molecule has 0 bridgehead atoms. The van der Waals surface area contributed by atoms with Crippen molar-refractivity contribution in [2.24, 2.45) is 0 Å². The quantitative estimate of drug-likeness (QED) is 0.885. The highest BCUT2D eigenvalue weighted by molar-refractivity contribution is 7.11. The summed E-state index contributed by atoms with van der Waals surface area (Å²) < 4.78 is 5.75. The topological polar surface area (TPSA) is 42.4 Å². The minimum atomic E-state index is -0.813. The summed E-state index contributed by atoms with van der Waals surface area (Å²) in [5.74, 6) is 0.906. The number of thiazole rings is 1. The molecule has 2 aromatic rings. The third-order valence-corrected chi connectivity index (χ3v) is 4.42. The van der Waals surface area contributed by atoms with E-state index in [1.54, 1.807) is 31.4 Å². The van der Waals surface area contributed by atoms with E-state index in [-0.39, 0.29) is 0 Å². The summed E-state index contributed by atoms with van der Waals surface area (Å²) in [6, 6.07) is 8.17. The Morgan fingerprint density at radius 2 is 2.15 bits per heavy atom. The maximum absolute atomic E-state index is 9.90. The van der Waals surface area contributed by atoms with Crippen molar-refractivity contribution in [2.75, 3.05) is 6.61 Å². The van der Waals surface area contributed by atoms with Crippen LogP contribution in [0.5, 0.6) is 5.75 Å². The van der Waals surface area contributed by atoms with E-state index >= 15 is 0 Å². The molecule has 1 N–H and O–H groups in total. The molecule has 0 radical (unpaired) electrons. The van der Waals surface area contributed by atoms with Crippen molar-refractivity contribution < 1.29 is 9.84 Å². The SMILES string of the molecule is CCc1cccc(OCCc2ncc(C(C)(C)O)s2)c1. The van der Waals surface area contributed by atoms with Crippen molar-refractivity contribution in [1.82, 2.24) is 4.98 Å². The average Bonchev–Trinajstić information content (AvgIpc) is 2.88. The molecule has 0 fully saturated rings. The number of rotatable bonds is 6. The Kier molecular flexibility index (Phi) is 4.78. The summed E-state index contributed by atoms with van der Waals surface area (Å²) in [4.78, 5) is 5.22. The summed E-state index contributed by atoms with van der Waals surface area (Å²) in [5, 5.41) is 10.9. The van der Waals surface area contributed by atoms with Crippen molar-refractivity contribution in [1.29, 1.82) is 0 Å². The Morgan fingerprint density at radius 3 is 2.80 bits per heavy atom. The van der Waals surface area contributed by atoms with Gasteiger partial charge in [0.2, 0.25) is 0 Å². The van der Waals surface area contributed by atoms with Gasteiger partial charge in [0.05, 0.1) is 22.1 Å². The van der Waals surface area contributed by atoms with Crippen LogP contribution in [-0.4, -0.2) is 16.7 Å². The van der Waals surface area contributed by atoms with E-state index < -0.39 is 5.60 Å². The first-order valence-corrected chi connectivity index (χ1v) is 7.70. The molecule has 0 spiro atoms. The Hall–Kier alpha value is -1.39. The number of aryl methyl sites for hydroxylation is 1. The molecule has 108 valence electrons. The lowest BCUT2D eigenvalue weighted by Crippen LogP contribution is -2.12. The molecule has 0 atom stereocenters. The molecule has 1 aromatic heterocycles. The van der Waals surface area contributed by atoms with Crippen LogP contribution >= 0.6 is 11.3 Å². The zero-order valence-electron chi connectivity index (χ0n) is 12.2. The molecule has 0 amide bonds. The van der Waals surface area contributed by atoms with Gasteiger partial charge in [0.15, 0.2) is 0 Å². The summed E-state index contributed by atoms with van der Waals surface area (Å²) in [6.07, 6.45) is 3.52. The molecule has 0 unspecified atom stereocenters. The minimum absolute atomic E-state index is 0.603. The fourth-order valence-electron chi connectivity index (χ4n) is 1.82. The van der Waals surface area contributed by atoms with Crippen molar-refractivity contribution >= 4 is 11.3 Å². The number of ether oxygens (including phenoxy) is 1. The molecule has 1 aromatic carbocycles. The second-order valence-electron chi connectivity index (χ2n) is 5.28. The molecule has 0 aliphatic carbocycles. The zero-order chi connectivity index (χ0) is 14.6. The molecular weight excluding hydrogens is 270 g/mol. The first kappa shape index (κ1) is 15.0. The third-order valence-electron chi connectivity index (χ3n) is 3.05. The van der Waals surface area contributed by atoms with Crippen LogP contribution in [0.25, 0.3) is 0 Å². The Morgan fingerprint density at radius 1 is 1.35 bits per heavy atom. The predicted octanol–water partition coefficient (Wildman–Crippen LogP) is 3.55. The number of nitrogens with zero attached hydrogens (tertiary/aromatic N) is 1. The molecule has 0 saturated heterocycles. The van der Waals surface area contributed by atoms with Crippen LogP contribution in [0.1, 0.15) is 36.2 Å². The van der Waals surface area contributed by atoms with E-state index in [2.05, 4.69) is 24.0 Å². The average molecular weight is 291 g/mol. The Labute approximate surface area is 124 Å². The lowest BCUT2D eigenvalue weighted by atomic mass is 10.1. The summed E-state index contributed by atoms with van der Waals surface area (Å²) in [6.45, 7) is 6.28. The predicted molar refractivity (Wildman–Crippen MR) is 82.4 cm³/mol. The van der Waals surface area contributed by atoms with Gasteiger partial charge in [-0.15, -0.1) is 11.3 Å². The van der Waals surface area contributed by atoms with Gasteiger partial charge in [0, 0.05) is 12.6 Å². The first-order chi connectivity index (χ1) is 9.49. The second kappa shape index (κ2) is 6.37. The van der Waals surface area contributed by atoms with E-state index in [0.29, 0.717) is 6.61 Å². The second-order valence-corrected chi connectivity index (χ2v) is 6.39. The molecule has 3 nitrogen and oxygen atoms in total. The monoisotopic (exact) mass is 291 g/mol.